The molecule has 0 heterocycles. The quantitative estimate of drug-likeness (QED) is 0.503. The zero-order valence-corrected chi connectivity index (χ0v) is 10.8. The van der Waals surface area contributed by atoms with Gasteiger partial charge in [-0.05, 0) is 24.3 Å². The van der Waals surface area contributed by atoms with Gasteiger partial charge in [-0.1, -0.05) is 24.3 Å². The number of halogens is 1. The fourth-order valence-corrected chi connectivity index (χ4v) is 1.58. The van der Waals surface area contributed by atoms with Crippen molar-refractivity contribution in [3.63, 3.8) is 0 Å². The van der Waals surface area contributed by atoms with Crippen LogP contribution in [0.2, 0.25) is 0 Å². The van der Waals surface area contributed by atoms with E-state index in [1.54, 1.807) is 18.2 Å². The largest absolute Gasteiger partial charge is 0.365 e. The van der Waals surface area contributed by atoms with Gasteiger partial charge in [-0.25, -0.2) is 9.18 Å². The molecule has 2 N–H and O–H groups in total. The Labute approximate surface area is 120 Å². The molecule has 0 fully saturated rings. The van der Waals surface area contributed by atoms with Gasteiger partial charge in [-0.15, -0.1) is 0 Å². The van der Waals surface area contributed by atoms with Gasteiger partial charge < -0.3 is 4.84 Å². The van der Waals surface area contributed by atoms with Crippen molar-refractivity contribution < 1.29 is 14.0 Å². The van der Waals surface area contributed by atoms with Gasteiger partial charge in [0, 0.05) is 5.56 Å². The third-order valence-electron chi connectivity index (χ3n) is 2.62. The molecule has 0 aliphatic rings. The van der Waals surface area contributed by atoms with Gasteiger partial charge in [-0.3, -0.25) is 5.41 Å². The number of hydrogen-bond donors (Lipinski definition) is 2. The van der Waals surface area contributed by atoms with Gasteiger partial charge in [0.25, 0.3) is 0 Å². The lowest BCUT2D eigenvalue weighted by molar-refractivity contribution is 0.0380. The van der Waals surface area contributed by atoms with Crippen LogP contribution in [0.15, 0.2) is 48.5 Å². The van der Waals surface area contributed by atoms with Crippen LogP contribution in [-0.4, -0.2) is 11.8 Å². The van der Waals surface area contributed by atoms with Gasteiger partial charge in [0.1, 0.15) is 5.82 Å². The topological polar surface area (TPSA) is 86.0 Å². The van der Waals surface area contributed by atoms with Crippen LogP contribution in [0.3, 0.4) is 0 Å². The summed E-state index contributed by atoms with van der Waals surface area (Å²) in [5, 5.41) is 16.5. The van der Waals surface area contributed by atoms with Gasteiger partial charge in [0.2, 0.25) is 0 Å². The molecule has 0 aromatic heterocycles. The lowest BCUT2D eigenvalue weighted by Crippen LogP contribution is -2.27. The third-order valence-corrected chi connectivity index (χ3v) is 2.62. The van der Waals surface area contributed by atoms with Crippen molar-refractivity contribution in [2.24, 2.45) is 0 Å². The van der Waals surface area contributed by atoms with Crippen LogP contribution in [0.4, 0.5) is 4.39 Å². The summed E-state index contributed by atoms with van der Waals surface area (Å²) in [5.41, 5.74) is 2.65. The predicted octanol–water partition coefficient (Wildman–Crippen LogP) is 2.38. The first-order valence-corrected chi connectivity index (χ1v) is 5.92. The molecule has 0 saturated heterocycles. The van der Waals surface area contributed by atoms with Crippen LogP contribution < -0.4 is 5.48 Å². The van der Waals surface area contributed by atoms with E-state index < -0.39 is 11.8 Å². The molecule has 0 unspecified atom stereocenters. The van der Waals surface area contributed by atoms with Crippen molar-refractivity contribution in [3.8, 4) is 6.07 Å². The number of carbonyl (C=O) groups excluding carboxylic acids is 1. The van der Waals surface area contributed by atoms with Crippen LogP contribution in [0.5, 0.6) is 0 Å². The van der Waals surface area contributed by atoms with Crippen LogP contribution in [-0.2, 0) is 4.84 Å². The van der Waals surface area contributed by atoms with Gasteiger partial charge >= 0.3 is 5.97 Å². The number of benzene rings is 2. The summed E-state index contributed by atoms with van der Waals surface area (Å²) in [5.74, 6) is -1.85. The SMILES string of the molecule is N#Cc1cccc(C(=N)NOC(=O)c2ccccc2F)c1. The van der Waals surface area contributed by atoms with Crippen molar-refractivity contribution in [1.29, 1.82) is 10.7 Å². The van der Waals surface area contributed by atoms with Crippen LogP contribution in [0.25, 0.3) is 0 Å². The summed E-state index contributed by atoms with van der Waals surface area (Å²) >= 11 is 0. The van der Waals surface area contributed by atoms with Crippen LogP contribution >= 0.6 is 0 Å². The monoisotopic (exact) mass is 283 g/mol. The molecule has 2 aromatic carbocycles. The third kappa shape index (κ3) is 3.42. The van der Waals surface area contributed by atoms with E-state index in [-0.39, 0.29) is 11.4 Å². The molecule has 0 radical (unpaired) electrons. The van der Waals surface area contributed by atoms with E-state index >= 15 is 0 Å². The summed E-state index contributed by atoms with van der Waals surface area (Å²) in [7, 11) is 0. The number of nitriles is 1. The van der Waals surface area contributed by atoms with E-state index in [2.05, 4.69) is 10.3 Å². The number of rotatable bonds is 2. The molecule has 0 saturated carbocycles. The maximum atomic E-state index is 13.4. The second-order valence-corrected chi connectivity index (χ2v) is 4.04. The summed E-state index contributed by atoms with van der Waals surface area (Å²) in [6.45, 7) is 0. The normalized spacial score (nSPS) is 9.52. The average Bonchev–Trinajstić information content (AvgIpc) is 2.52. The molecule has 0 aliphatic carbocycles. The fourth-order valence-electron chi connectivity index (χ4n) is 1.58. The molecule has 0 bridgehead atoms. The highest BCUT2D eigenvalue weighted by Crippen LogP contribution is 2.08. The Morgan fingerprint density at radius 2 is 2.00 bits per heavy atom. The Hall–Kier alpha value is -3.20. The highest BCUT2D eigenvalue weighted by Gasteiger charge is 2.13. The molecule has 0 atom stereocenters. The maximum absolute atomic E-state index is 13.4. The summed E-state index contributed by atoms with van der Waals surface area (Å²) in [4.78, 5) is 16.3. The molecule has 0 spiro atoms. The number of amidine groups is 1. The minimum absolute atomic E-state index is 0.211. The Bertz CT molecular complexity index is 738. The molecule has 0 amide bonds. The highest BCUT2D eigenvalue weighted by molar-refractivity contribution is 5.97. The summed E-state index contributed by atoms with van der Waals surface area (Å²) in [6, 6.07) is 13.5. The molecule has 0 aliphatic heterocycles. The Morgan fingerprint density at radius 1 is 1.24 bits per heavy atom. The molecular formula is C15H10FN3O2. The molecule has 6 heteroatoms. The Kier molecular flexibility index (Phi) is 4.26. The molecule has 104 valence electrons. The molecular weight excluding hydrogens is 273 g/mol. The molecule has 2 rings (SSSR count). The van der Waals surface area contributed by atoms with Crippen molar-refractivity contribution in [3.05, 3.63) is 71.0 Å². The average molecular weight is 283 g/mol. The number of hydrogen-bond acceptors (Lipinski definition) is 4. The Morgan fingerprint density at radius 3 is 2.71 bits per heavy atom. The second-order valence-electron chi connectivity index (χ2n) is 4.04. The first-order chi connectivity index (χ1) is 10.1. The van der Waals surface area contributed by atoms with E-state index in [9.17, 15) is 9.18 Å². The van der Waals surface area contributed by atoms with Crippen LogP contribution in [0.1, 0.15) is 21.5 Å². The lowest BCUT2D eigenvalue weighted by Gasteiger charge is -2.08. The van der Waals surface area contributed by atoms with E-state index in [4.69, 9.17) is 10.7 Å². The summed E-state index contributed by atoms with van der Waals surface area (Å²) < 4.78 is 13.4. The minimum atomic E-state index is -0.936. The minimum Gasteiger partial charge on any atom is -0.336 e. The number of hydroxylamine groups is 1. The van der Waals surface area contributed by atoms with E-state index in [1.807, 2.05) is 6.07 Å². The second kappa shape index (κ2) is 6.30. The zero-order valence-electron chi connectivity index (χ0n) is 10.8. The Balaban J connectivity index is 2.03. The van der Waals surface area contributed by atoms with Crippen molar-refractivity contribution in [1.82, 2.24) is 5.48 Å². The van der Waals surface area contributed by atoms with Crippen molar-refractivity contribution >= 4 is 11.8 Å². The van der Waals surface area contributed by atoms with Gasteiger partial charge in [0.05, 0.1) is 17.2 Å². The smallest absolute Gasteiger partial charge is 0.336 e. The van der Waals surface area contributed by atoms with Crippen molar-refractivity contribution in [2.45, 2.75) is 0 Å². The van der Waals surface area contributed by atoms with Crippen molar-refractivity contribution in [2.75, 3.05) is 0 Å². The standard InChI is InChI=1S/C15H10FN3O2/c16-13-7-2-1-6-12(13)15(20)21-19-14(18)11-5-3-4-10(8-11)9-17/h1-8H,(H2,18,19). The van der Waals surface area contributed by atoms with Crippen LogP contribution in [0, 0.1) is 22.6 Å². The number of nitrogens with zero attached hydrogens (tertiary/aromatic N) is 1. The maximum Gasteiger partial charge on any atom is 0.365 e. The number of carbonyl (C=O) groups is 1. The highest BCUT2D eigenvalue weighted by atomic mass is 19.1. The number of nitrogens with one attached hydrogen (secondary N) is 2. The molecule has 21 heavy (non-hydrogen) atoms. The zero-order chi connectivity index (χ0) is 15.2. The van der Waals surface area contributed by atoms with E-state index in [0.717, 1.165) is 6.07 Å². The van der Waals surface area contributed by atoms with E-state index in [0.29, 0.717) is 11.1 Å². The summed E-state index contributed by atoms with van der Waals surface area (Å²) in [6.07, 6.45) is 0. The molecule has 2 aromatic rings. The van der Waals surface area contributed by atoms with Gasteiger partial charge in [-0.2, -0.15) is 10.7 Å². The first kappa shape index (κ1) is 14.2. The van der Waals surface area contributed by atoms with E-state index in [1.165, 1.54) is 24.3 Å². The van der Waals surface area contributed by atoms with Gasteiger partial charge in [0.15, 0.2) is 5.84 Å². The predicted molar refractivity (Wildman–Crippen MR) is 72.9 cm³/mol. The fraction of sp³-hybridized carbons (Fsp3) is 0. The lowest BCUT2D eigenvalue weighted by atomic mass is 10.1. The molecule has 5 nitrogen and oxygen atoms in total. The first-order valence-electron chi connectivity index (χ1n) is 5.92.